The van der Waals surface area contributed by atoms with Crippen molar-refractivity contribution in [3.05, 3.63) is 65.2 Å². The third-order valence-electron chi connectivity index (χ3n) is 4.62. The Morgan fingerprint density at radius 3 is 2.26 bits per heavy atom. The third kappa shape index (κ3) is 5.93. The van der Waals surface area contributed by atoms with E-state index in [1.165, 1.54) is 0 Å². The summed E-state index contributed by atoms with van der Waals surface area (Å²) in [5.74, 6) is 3.76. The minimum Gasteiger partial charge on any atom is -0.480 e. The van der Waals surface area contributed by atoms with E-state index >= 15 is 0 Å². The molecular formula is C23H21N3O5. The molecule has 0 saturated carbocycles. The third-order valence-corrected chi connectivity index (χ3v) is 4.62. The number of carboxylic acids is 1. The summed E-state index contributed by atoms with van der Waals surface area (Å²) in [5, 5.41) is 13.1. The average molecular weight is 419 g/mol. The van der Waals surface area contributed by atoms with E-state index in [1.54, 1.807) is 4.90 Å². The predicted molar refractivity (Wildman–Crippen MR) is 113 cm³/mol. The number of hydrogen-bond acceptors (Lipinski definition) is 4. The van der Waals surface area contributed by atoms with Crippen LogP contribution in [-0.4, -0.2) is 41.9 Å². The predicted octanol–water partition coefficient (Wildman–Crippen LogP) is 1.03. The Labute approximate surface area is 179 Å². The SMILES string of the molecule is O=C(O)CNC(=O)CNC(=O)CCC(=O)N1Cc2ccccc2C#Cc2ccccc21. The van der Waals surface area contributed by atoms with Crippen molar-refractivity contribution in [2.24, 2.45) is 0 Å². The van der Waals surface area contributed by atoms with Gasteiger partial charge in [-0.2, -0.15) is 0 Å². The van der Waals surface area contributed by atoms with Gasteiger partial charge in [-0.25, -0.2) is 0 Å². The maximum Gasteiger partial charge on any atom is 0.322 e. The molecule has 3 amide bonds. The van der Waals surface area contributed by atoms with Gasteiger partial charge in [0.2, 0.25) is 17.7 Å². The lowest BCUT2D eigenvalue weighted by Gasteiger charge is -2.26. The molecule has 0 spiro atoms. The Hall–Kier alpha value is -4.12. The topological polar surface area (TPSA) is 116 Å². The van der Waals surface area contributed by atoms with Crippen LogP contribution in [0, 0.1) is 11.8 Å². The van der Waals surface area contributed by atoms with E-state index in [2.05, 4.69) is 22.5 Å². The lowest BCUT2D eigenvalue weighted by atomic mass is 10.0. The molecule has 0 radical (unpaired) electrons. The number of rotatable bonds is 7. The summed E-state index contributed by atoms with van der Waals surface area (Å²) < 4.78 is 0. The number of fused-ring (bicyclic) bond motifs is 2. The standard InChI is InChI=1S/C23H21N3O5/c27-20(24-13-21(28)25-14-23(30)31)11-12-22(29)26-15-18-7-2-1-5-16(18)9-10-17-6-3-4-8-19(17)26/h1-8H,11-15H2,(H,24,27)(H,25,28)(H,30,31). The van der Waals surface area contributed by atoms with Gasteiger partial charge in [-0.05, 0) is 23.8 Å². The van der Waals surface area contributed by atoms with Crippen molar-refractivity contribution < 1.29 is 24.3 Å². The monoisotopic (exact) mass is 419 g/mol. The van der Waals surface area contributed by atoms with E-state index in [1.807, 2.05) is 48.5 Å². The van der Waals surface area contributed by atoms with Gasteiger partial charge in [0, 0.05) is 24.0 Å². The fraction of sp³-hybridized carbons (Fsp3) is 0.217. The summed E-state index contributed by atoms with van der Waals surface area (Å²) in [6.45, 7) is -0.540. The van der Waals surface area contributed by atoms with E-state index in [9.17, 15) is 19.2 Å². The first kappa shape index (κ1) is 21.6. The number of para-hydroxylation sites is 1. The number of carbonyl (C=O) groups is 4. The maximum absolute atomic E-state index is 13.0. The molecule has 0 aromatic heterocycles. The van der Waals surface area contributed by atoms with Crippen LogP contribution in [0.25, 0.3) is 0 Å². The zero-order valence-electron chi connectivity index (χ0n) is 16.7. The highest BCUT2D eigenvalue weighted by atomic mass is 16.4. The molecule has 2 aromatic rings. The van der Waals surface area contributed by atoms with Gasteiger partial charge >= 0.3 is 5.97 Å². The first-order valence-electron chi connectivity index (χ1n) is 9.68. The van der Waals surface area contributed by atoms with Gasteiger partial charge in [0.1, 0.15) is 6.54 Å². The highest BCUT2D eigenvalue weighted by Crippen LogP contribution is 2.26. The van der Waals surface area contributed by atoms with Crippen molar-refractivity contribution in [1.82, 2.24) is 10.6 Å². The van der Waals surface area contributed by atoms with Gasteiger partial charge in [0.15, 0.2) is 0 Å². The molecule has 1 aliphatic rings. The molecule has 0 fully saturated rings. The zero-order chi connectivity index (χ0) is 22.2. The molecule has 3 rings (SSSR count). The highest BCUT2D eigenvalue weighted by molar-refractivity contribution is 5.97. The summed E-state index contributed by atoms with van der Waals surface area (Å²) >= 11 is 0. The van der Waals surface area contributed by atoms with Crippen molar-refractivity contribution in [1.29, 1.82) is 0 Å². The molecule has 31 heavy (non-hydrogen) atoms. The van der Waals surface area contributed by atoms with Crippen molar-refractivity contribution in [3.63, 3.8) is 0 Å². The first-order chi connectivity index (χ1) is 14.9. The second-order valence-electron chi connectivity index (χ2n) is 6.85. The minimum atomic E-state index is -1.18. The maximum atomic E-state index is 13.0. The molecule has 2 aromatic carbocycles. The number of aliphatic carboxylic acids is 1. The Kier molecular flexibility index (Phi) is 7.01. The highest BCUT2D eigenvalue weighted by Gasteiger charge is 2.21. The van der Waals surface area contributed by atoms with Gasteiger partial charge in [0.05, 0.1) is 18.8 Å². The lowest BCUT2D eigenvalue weighted by molar-refractivity contribution is -0.137. The van der Waals surface area contributed by atoms with Gasteiger partial charge in [0.25, 0.3) is 0 Å². The van der Waals surface area contributed by atoms with E-state index in [-0.39, 0.29) is 25.3 Å². The molecule has 8 heteroatoms. The van der Waals surface area contributed by atoms with E-state index in [0.29, 0.717) is 12.2 Å². The summed E-state index contributed by atoms with van der Waals surface area (Å²) in [6, 6.07) is 15.0. The van der Waals surface area contributed by atoms with Crippen LogP contribution in [-0.2, 0) is 25.7 Å². The quantitative estimate of drug-likeness (QED) is 0.580. The zero-order valence-corrected chi connectivity index (χ0v) is 16.7. The van der Waals surface area contributed by atoms with Gasteiger partial charge < -0.3 is 20.6 Å². The molecule has 8 nitrogen and oxygen atoms in total. The lowest BCUT2D eigenvalue weighted by Crippen LogP contribution is -2.39. The summed E-state index contributed by atoms with van der Waals surface area (Å²) in [6.07, 6.45) is -0.149. The van der Waals surface area contributed by atoms with Crippen LogP contribution in [0.3, 0.4) is 0 Å². The average Bonchev–Trinajstić information content (AvgIpc) is 2.76. The molecule has 158 valence electrons. The van der Waals surface area contributed by atoms with Crippen LogP contribution in [0.4, 0.5) is 5.69 Å². The number of anilines is 1. The molecule has 1 aliphatic heterocycles. The van der Waals surface area contributed by atoms with Crippen LogP contribution in [0.2, 0.25) is 0 Å². The fourth-order valence-electron chi connectivity index (χ4n) is 3.07. The molecule has 0 aliphatic carbocycles. The van der Waals surface area contributed by atoms with Crippen LogP contribution in [0.5, 0.6) is 0 Å². The number of carboxylic acid groups (broad SMARTS) is 1. The van der Waals surface area contributed by atoms with Crippen LogP contribution >= 0.6 is 0 Å². The Morgan fingerprint density at radius 2 is 1.48 bits per heavy atom. The molecule has 0 bridgehead atoms. The van der Waals surface area contributed by atoms with Gasteiger partial charge in [-0.1, -0.05) is 42.2 Å². The van der Waals surface area contributed by atoms with E-state index in [4.69, 9.17) is 5.11 Å². The van der Waals surface area contributed by atoms with Crippen LogP contribution < -0.4 is 15.5 Å². The summed E-state index contributed by atoms with van der Waals surface area (Å²) in [4.78, 5) is 48.6. The minimum absolute atomic E-state index is 0.0491. The molecule has 0 atom stereocenters. The number of benzene rings is 2. The van der Waals surface area contributed by atoms with Gasteiger partial charge in [-0.15, -0.1) is 0 Å². The molecule has 1 heterocycles. The van der Waals surface area contributed by atoms with Crippen molar-refractivity contribution in [2.75, 3.05) is 18.0 Å². The molecule has 0 saturated heterocycles. The Balaban J connectivity index is 1.65. The Morgan fingerprint density at radius 1 is 0.839 bits per heavy atom. The smallest absolute Gasteiger partial charge is 0.322 e. The van der Waals surface area contributed by atoms with Crippen LogP contribution in [0.15, 0.2) is 48.5 Å². The van der Waals surface area contributed by atoms with E-state index < -0.39 is 24.3 Å². The molecule has 0 unspecified atom stereocenters. The number of nitrogens with zero attached hydrogens (tertiary/aromatic N) is 1. The van der Waals surface area contributed by atoms with Crippen LogP contribution in [0.1, 0.15) is 29.5 Å². The largest absolute Gasteiger partial charge is 0.480 e. The molecule has 3 N–H and O–H groups in total. The molecular weight excluding hydrogens is 398 g/mol. The first-order valence-corrected chi connectivity index (χ1v) is 9.68. The van der Waals surface area contributed by atoms with Crippen molar-refractivity contribution >= 4 is 29.4 Å². The van der Waals surface area contributed by atoms with E-state index in [0.717, 1.165) is 16.7 Å². The van der Waals surface area contributed by atoms with Gasteiger partial charge in [-0.3, -0.25) is 19.2 Å². The number of hydrogen-bond donors (Lipinski definition) is 3. The fourth-order valence-corrected chi connectivity index (χ4v) is 3.07. The number of carbonyl (C=O) groups excluding carboxylic acids is 3. The number of amides is 3. The van der Waals surface area contributed by atoms with Crippen molar-refractivity contribution in [2.45, 2.75) is 19.4 Å². The number of nitrogens with one attached hydrogen (secondary N) is 2. The second-order valence-corrected chi connectivity index (χ2v) is 6.85. The van der Waals surface area contributed by atoms with Crippen molar-refractivity contribution in [3.8, 4) is 11.8 Å². The summed E-state index contributed by atoms with van der Waals surface area (Å²) in [7, 11) is 0. The summed E-state index contributed by atoms with van der Waals surface area (Å²) in [5.41, 5.74) is 3.17. The Bertz CT molecular complexity index is 1080. The second kappa shape index (κ2) is 10.1. The normalized spacial score (nSPS) is 11.5.